The molecule has 2 heterocycles. The average Bonchev–Trinajstić information content (AvgIpc) is 3.20. The van der Waals surface area contributed by atoms with Gasteiger partial charge in [-0.1, -0.05) is 6.07 Å². The lowest BCUT2D eigenvalue weighted by atomic mass is 10.1. The Kier molecular flexibility index (Phi) is 4.65. The summed E-state index contributed by atoms with van der Waals surface area (Å²) < 4.78 is 13.2. The molecule has 0 radical (unpaired) electrons. The van der Waals surface area contributed by atoms with Gasteiger partial charge in [0, 0.05) is 18.1 Å². The van der Waals surface area contributed by atoms with E-state index in [0.29, 0.717) is 17.2 Å². The molecule has 1 atom stereocenters. The van der Waals surface area contributed by atoms with Crippen LogP contribution in [0, 0.1) is 17.1 Å². The summed E-state index contributed by atoms with van der Waals surface area (Å²) in [6, 6.07) is 5.95. The Hall–Kier alpha value is -2.30. The first-order valence-electron chi connectivity index (χ1n) is 7.30. The topological polar surface area (TPSA) is 69.0 Å². The molecule has 0 aliphatic carbocycles. The number of benzene rings is 1. The molecule has 0 spiro atoms. The van der Waals surface area contributed by atoms with Crippen molar-refractivity contribution < 1.29 is 9.18 Å². The minimum absolute atomic E-state index is 0.0851. The maximum atomic E-state index is 13.2. The molecule has 1 aliphatic rings. The highest BCUT2D eigenvalue weighted by atomic mass is 32.1. The van der Waals surface area contributed by atoms with Gasteiger partial charge in [0.25, 0.3) is 0 Å². The van der Waals surface area contributed by atoms with Gasteiger partial charge in [-0.25, -0.2) is 9.37 Å². The van der Waals surface area contributed by atoms with E-state index >= 15 is 0 Å². The van der Waals surface area contributed by atoms with Crippen LogP contribution in [-0.4, -0.2) is 28.4 Å². The van der Waals surface area contributed by atoms with Crippen molar-refractivity contribution in [3.8, 4) is 6.07 Å². The number of halogens is 1. The molecule has 0 saturated carbocycles. The third-order valence-corrected chi connectivity index (χ3v) is 4.58. The summed E-state index contributed by atoms with van der Waals surface area (Å²) in [5, 5.41) is 14.4. The Morgan fingerprint density at radius 3 is 3.17 bits per heavy atom. The number of nitrogens with zero attached hydrogens (tertiary/aromatic N) is 3. The fourth-order valence-corrected chi connectivity index (χ4v) is 3.33. The quantitative estimate of drug-likeness (QED) is 0.936. The molecule has 1 fully saturated rings. The smallest absolute Gasteiger partial charge is 0.243 e. The van der Waals surface area contributed by atoms with E-state index in [2.05, 4.69) is 10.3 Å². The zero-order chi connectivity index (χ0) is 16.2. The summed E-state index contributed by atoms with van der Waals surface area (Å²) >= 11 is 1.38. The van der Waals surface area contributed by atoms with Gasteiger partial charge in [-0.15, -0.1) is 11.3 Å². The summed E-state index contributed by atoms with van der Waals surface area (Å²) in [5.74, 6) is -0.511. The molecule has 1 saturated heterocycles. The molecule has 0 bridgehead atoms. The van der Waals surface area contributed by atoms with E-state index in [1.807, 2.05) is 11.0 Å². The molecule has 1 amide bonds. The number of carbonyl (C=O) groups excluding carboxylic acids is 1. The van der Waals surface area contributed by atoms with Crippen LogP contribution >= 0.6 is 11.3 Å². The molecule has 5 nitrogen and oxygen atoms in total. The number of nitriles is 1. The number of amides is 1. The molecule has 23 heavy (non-hydrogen) atoms. The maximum Gasteiger partial charge on any atom is 0.243 e. The third kappa shape index (κ3) is 3.55. The molecule has 2 aromatic rings. The van der Waals surface area contributed by atoms with Crippen molar-refractivity contribution in [2.45, 2.75) is 25.4 Å². The van der Waals surface area contributed by atoms with Crippen molar-refractivity contribution in [3.63, 3.8) is 0 Å². The Morgan fingerprint density at radius 1 is 1.57 bits per heavy atom. The number of likely N-dealkylation sites (tertiary alicyclic amines) is 1. The van der Waals surface area contributed by atoms with Crippen molar-refractivity contribution in [1.82, 2.24) is 9.88 Å². The summed E-state index contributed by atoms with van der Waals surface area (Å²) in [4.78, 5) is 18.5. The molecule has 7 heteroatoms. The molecule has 1 aromatic carbocycles. The van der Waals surface area contributed by atoms with E-state index in [0.717, 1.165) is 24.9 Å². The zero-order valence-corrected chi connectivity index (χ0v) is 13.1. The van der Waals surface area contributed by atoms with Gasteiger partial charge in [0.1, 0.15) is 5.82 Å². The third-order valence-electron chi connectivity index (χ3n) is 3.89. The van der Waals surface area contributed by atoms with Crippen LogP contribution in [0.2, 0.25) is 0 Å². The number of thiazole rings is 1. The highest BCUT2D eigenvalue weighted by Gasteiger charge is 2.31. The van der Waals surface area contributed by atoms with E-state index in [9.17, 15) is 9.18 Å². The van der Waals surface area contributed by atoms with Crippen LogP contribution < -0.4 is 5.32 Å². The first-order chi connectivity index (χ1) is 11.2. The predicted octanol–water partition coefficient (Wildman–Crippen LogP) is 2.76. The first-order valence-corrected chi connectivity index (χ1v) is 8.18. The van der Waals surface area contributed by atoms with Gasteiger partial charge < -0.3 is 5.32 Å². The van der Waals surface area contributed by atoms with Gasteiger partial charge >= 0.3 is 0 Å². The number of nitrogens with one attached hydrogen (secondary N) is 1. The van der Waals surface area contributed by atoms with Crippen LogP contribution in [0.25, 0.3) is 0 Å². The summed E-state index contributed by atoms with van der Waals surface area (Å²) in [6.07, 6.45) is 3.32. The highest BCUT2D eigenvalue weighted by Crippen LogP contribution is 2.23. The van der Waals surface area contributed by atoms with E-state index < -0.39 is 5.82 Å². The molecule has 1 unspecified atom stereocenters. The van der Waals surface area contributed by atoms with Gasteiger partial charge in [0.2, 0.25) is 5.91 Å². The minimum atomic E-state index is -0.426. The largest absolute Gasteiger partial charge is 0.301 e. The maximum absolute atomic E-state index is 13.2. The Bertz CT molecular complexity index is 741. The second-order valence-electron chi connectivity index (χ2n) is 5.37. The summed E-state index contributed by atoms with van der Waals surface area (Å²) in [6.45, 7) is 1.23. The number of hydrogen-bond donors (Lipinski definition) is 1. The molecule has 1 N–H and O–H groups in total. The number of hydrogen-bond acceptors (Lipinski definition) is 5. The van der Waals surface area contributed by atoms with Crippen molar-refractivity contribution in [3.05, 3.63) is 46.7 Å². The highest BCUT2D eigenvalue weighted by molar-refractivity contribution is 7.13. The van der Waals surface area contributed by atoms with Gasteiger partial charge in [0.05, 0.1) is 17.7 Å². The van der Waals surface area contributed by atoms with Crippen LogP contribution in [0.5, 0.6) is 0 Å². The van der Waals surface area contributed by atoms with E-state index in [1.54, 1.807) is 17.6 Å². The molecular formula is C16H15FN4OS. The number of anilines is 1. The number of carbonyl (C=O) groups is 1. The van der Waals surface area contributed by atoms with E-state index in [-0.39, 0.29) is 11.9 Å². The SMILES string of the molecule is N#Cc1cc(F)ccc1CN1CCCC1C(=O)Nc1nccs1. The Labute approximate surface area is 137 Å². The van der Waals surface area contributed by atoms with Crippen LogP contribution in [0.15, 0.2) is 29.8 Å². The lowest BCUT2D eigenvalue weighted by Gasteiger charge is -2.23. The fourth-order valence-electron chi connectivity index (χ4n) is 2.80. The van der Waals surface area contributed by atoms with Gasteiger partial charge in [-0.3, -0.25) is 9.69 Å². The Balaban J connectivity index is 1.72. The van der Waals surface area contributed by atoms with Crippen molar-refractivity contribution in [2.75, 3.05) is 11.9 Å². The zero-order valence-electron chi connectivity index (χ0n) is 12.3. The molecule has 1 aliphatic heterocycles. The standard InChI is InChI=1S/C16H15FN4OS/c17-13-4-3-11(12(8-13)9-18)10-21-6-1-2-14(21)15(22)20-16-19-5-7-23-16/h3-5,7-8,14H,1-2,6,10H2,(H,19,20,22). The van der Waals surface area contributed by atoms with Crippen LogP contribution in [0.4, 0.5) is 9.52 Å². The van der Waals surface area contributed by atoms with E-state index in [1.165, 1.54) is 23.5 Å². The van der Waals surface area contributed by atoms with Crippen molar-refractivity contribution in [2.24, 2.45) is 0 Å². The molecule has 118 valence electrons. The second-order valence-corrected chi connectivity index (χ2v) is 6.26. The molecule has 3 rings (SSSR count). The minimum Gasteiger partial charge on any atom is -0.301 e. The lowest BCUT2D eigenvalue weighted by Crippen LogP contribution is -2.39. The normalized spacial score (nSPS) is 17.8. The summed E-state index contributed by atoms with van der Waals surface area (Å²) in [7, 11) is 0. The first kappa shape index (κ1) is 15.6. The number of aromatic nitrogens is 1. The van der Waals surface area contributed by atoms with Gasteiger partial charge in [-0.05, 0) is 37.1 Å². The monoisotopic (exact) mass is 330 g/mol. The van der Waals surface area contributed by atoms with Crippen LogP contribution in [-0.2, 0) is 11.3 Å². The van der Waals surface area contributed by atoms with Crippen LogP contribution in [0.3, 0.4) is 0 Å². The average molecular weight is 330 g/mol. The number of rotatable bonds is 4. The van der Waals surface area contributed by atoms with Gasteiger partial charge in [0.15, 0.2) is 5.13 Å². The predicted molar refractivity (Wildman–Crippen MR) is 85.3 cm³/mol. The van der Waals surface area contributed by atoms with Crippen molar-refractivity contribution >= 4 is 22.4 Å². The van der Waals surface area contributed by atoms with Gasteiger partial charge in [-0.2, -0.15) is 5.26 Å². The van der Waals surface area contributed by atoms with Crippen molar-refractivity contribution in [1.29, 1.82) is 5.26 Å². The molecule has 1 aromatic heterocycles. The second kappa shape index (κ2) is 6.86. The lowest BCUT2D eigenvalue weighted by molar-refractivity contribution is -0.120. The van der Waals surface area contributed by atoms with Crippen LogP contribution in [0.1, 0.15) is 24.0 Å². The summed E-state index contributed by atoms with van der Waals surface area (Å²) in [5.41, 5.74) is 1.05. The fraction of sp³-hybridized carbons (Fsp3) is 0.312. The molecular weight excluding hydrogens is 315 g/mol. The Morgan fingerprint density at radius 2 is 2.43 bits per heavy atom. The van der Waals surface area contributed by atoms with E-state index in [4.69, 9.17) is 5.26 Å².